The summed E-state index contributed by atoms with van der Waals surface area (Å²) in [6.45, 7) is 3.32. The van der Waals surface area contributed by atoms with Gasteiger partial charge in [-0.05, 0) is 31.2 Å². The Bertz CT molecular complexity index is 461. The average Bonchev–Trinajstić information content (AvgIpc) is 2.51. The lowest BCUT2D eigenvalue weighted by Crippen LogP contribution is -2.41. The molecule has 1 amide bonds. The van der Waals surface area contributed by atoms with E-state index in [1.807, 2.05) is 23.1 Å². The van der Waals surface area contributed by atoms with Gasteiger partial charge in [-0.15, -0.1) is 12.4 Å². The van der Waals surface area contributed by atoms with Crippen LogP contribution in [0.5, 0.6) is 0 Å². The lowest BCUT2D eigenvalue weighted by Gasteiger charge is -2.37. The van der Waals surface area contributed by atoms with Gasteiger partial charge in [0.15, 0.2) is 0 Å². The second kappa shape index (κ2) is 9.91. The summed E-state index contributed by atoms with van der Waals surface area (Å²) in [7, 11) is 1.61. The topological polar surface area (TPSA) is 55.6 Å². The molecule has 2 rings (SSSR count). The summed E-state index contributed by atoms with van der Waals surface area (Å²) >= 11 is 0. The van der Waals surface area contributed by atoms with E-state index >= 15 is 0 Å². The van der Waals surface area contributed by atoms with Crippen LogP contribution in [0.15, 0.2) is 30.3 Å². The number of nitrogens with zero attached hydrogens (tertiary/aromatic N) is 1. The van der Waals surface area contributed by atoms with E-state index in [-0.39, 0.29) is 30.5 Å². The van der Waals surface area contributed by atoms with Crippen LogP contribution in [0.2, 0.25) is 0 Å². The first-order valence-corrected chi connectivity index (χ1v) is 8.23. The van der Waals surface area contributed by atoms with Crippen molar-refractivity contribution in [3.8, 4) is 0 Å². The van der Waals surface area contributed by atoms with Gasteiger partial charge in [-0.2, -0.15) is 0 Å². The van der Waals surface area contributed by atoms with Crippen LogP contribution >= 0.6 is 12.4 Å². The van der Waals surface area contributed by atoms with Crippen molar-refractivity contribution < 1.29 is 9.53 Å². The molecule has 0 aliphatic heterocycles. The third-order valence-corrected chi connectivity index (χ3v) is 4.75. The maximum absolute atomic E-state index is 12.8. The molecule has 4 nitrogen and oxygen atoms in total. The molecule has 0 spiro atoms. The van der Waals surface area contributed by atoms with Crippen molar-refractivity contribution in [3.05, 3.63) is 35.9 Å². The van der Waals surface area contributed by atoms with Gasteiger partial charge < -0.3 is 15.4 Å². The molecule has 1 aromatic carbocycles. The molecule has 130 valence electrons. The van der Waals surface area contributed by atoms with Gasteiger partial charge in [0, 0.05) is 20.2 Å². The Morgan fingerprint density at radius 1 is 1.35 bits per heavy atom. The molecule has 1 fully saturated rings. The fourth-order valence-corrected chi connectivity index (χ4v) is 2.92. The minimum Gasteiger partial charge on any atom is -0.380 e. The lowest BCUT2D eigenvalue weighted by atomic mass is 9.84. The van der Waals surface area contributed by atoms with Crippen LogP contribution < -0.4 is 5.73 Å². The van der Waals surface area contributed by atoms with Crippen LogP contribution in [0.25, 0.3) is 0 Å². The summed E-state index contributed by atoms with van der Waals surface area (Å²) in [5.41, 5.74) is 6.84. The monoisotopic (exact) mass is 340 g/mol. The summed E-state index contributed by atoms with van der Waals surface area (Å²) < 4.78 is 5.28. The molecule has 2 atom stereocenters. The smallest absolute Gasteiger partial charge is 0.225 e. The Kier molecular flexibility index (Phi) is 8.59. The number of nitrogens with two attached hydrogens (primary N) is 1. The van der Waals surface area contributed by atoms with Gasteiger partial charge in [0.1, 0.15) is 0 Å². The van der Waals surface area contributed by atoms with Crippen LogP contribution in [0.4, 0.5) is 0 Å². The highest BCUT2D eigenvalue weighted by atomic mass is 35.5. The number of halogens is 1. The molecule has 1 aliphatic rings. The molecule has 5 heteroatoms. The van der Waals surface area contributed by atoms with Gasteiger partial charge >= 0.3 is 0 Å². The molecule has 1 saturated carbocycles. The molecule has 23 heavy (non-hydrogen) atoms. The number of ether oxygens (including phenoxy) is 1. The van der Waals surface area contributed by atoms with E-state index in [1.165, 1.54) is 24.8 Å². The normalized spacial score (nSPS) is 16.8. The van der Waals surface area contributed by atoms with Crippen molar-refractivity contribution in [2.75, 3.05) is 20.2 Å². The maximum atomic E-state index is 12.8. The summed E-state index contributed by atoms with van der Waals surface area (Å²) in [5.74, 6) is 0.787. The third-order valence-electron chi connectivity index (χ3n) is 4.75. The molecule has 0 bridgehead atoms. The van der Waals surface area contributed by atoms with Crippen molar-refractivity contribution in [2.24, 2.45) is 11.7 Å². The molecule has 0 saturated heterocycles. The van der Waals surface area contributed by atoms with Gasteiger partial charge in [-0.1, -0.05) is 36.8 Å². The van der Waals surface area contributed by atoms with E-state index in [9.17, 15) is 4.79 Å². The zero-order chi connectivity index (χ0) is 15.9. The second-order valence-electron chi connectivity index (χ2n) is 6.23. The van der Waals surface area contributed by atoms with E-state index in [1.54, 1.807) is 7.11 Å². The number of carbonyl (C=O) groups excluding carboxylic acids is 1. The second-order valence-corrected chi connectivity index (χ2v) is 6.23. The predicted octanol–water partition coefficient (Wildman–Crippen LogP) is 3.16. The first kappa shape index (κ1) is 19.9. The van der Waals surface area contributed by atoms with E-state index in [4.69, 9.17) is 10.5 Å². The van der Waals surface area contributed by atoms with E-state index < -0.39 is 0 Å². The quantitative estimate of drug-likeness (QED) is 0.790. The lowest BCUT2D eigenvalue weighted by molar-refractivity contribution is -0.137. The highest BCUT2D eigenvalue weighted by Gasteiger charge is 2.28. The summed E-state index contributed by atoms with van der Waals surface area (Å²) in [4.78, 5) is 14.8. The summed E-state index contributed by atoms with van der Waals surface area (Å²) in [6.07, 6.45) is 3.91. The molecule has 2 unspecified atom stereocenters. The molecule has 1 aliphatic carbocycles. The van der Waals surface area contributed by atoms with Gasteiger partial charge in [0.25, 0.3) is 0 Å². The number of rotatable bonds is 8. The zero-order valence-electron chi connectivity index (χ0n) is 14.1. The van der Waals surface area contributed by atoms with Crippen molar-refractivity contribution in [2.45, 2.75) is 44.8 Å². The van der Waals surface area contributed by atoms with Gasteiger partial charge in [0.05, 0.1) is 18.6 Å². The molecule has 0 aromatic heterocycles. The number of methoxy groups -OCH3 is 1. The van der Waals surface area contributed by atoms with E-state index in [2.05, 4.69) is 19.1 Å². The average molecular weight is 341 g/mol. The standard InChI is InChI=1S/C18H28N2O2.ClH/c1-14(16-9-4-3-5-10-16)20(13-15-7-6-8-15)18(21)11-17(12-19)22-2;/h3-5,9-10,14-15,17H,6-8,11-13,19H2,1-2H3;1H. The zero-order valence-corrected chi connectivity index (χ0v) is 14.9. The Morgan fingerprint density at radius 2 is 2.00 bits per heavy atom. The minimum atomic E-state index is -0.195. The summed E-state index contributed by atoms with van der Waals surface area (Å²) in [5, 5.41) is 0. The van der Waals surface area contributed by atoms with Crippen LogP contribution in [0.3, 0.4) is 0 Å². The van der Waals surface area contributed by atoms with Crippen LogP contribution in [-0.2, 0) is 9.53 Å². The first-order chi connectivity index (χ1) is 10.7. The van der Waals surface area contributed by atoms with Gasteiger partial charge in [-0.3, -0.25) is 4.79 Å². The molecule has 2 N–H and O–H groups in total. The van der Waals surface area contributed by atoms with Gasteiger partial charge in [-0.25, -0.2) is 0 Å². The fraction of sp³-hybridized carbons (Fsp3) is 0.611. The molecule has 1 aromatic rings. The number of carbonyl (C=O) groups is 1. The van der Waals surface area contributed by atoms with E-state index in [0.29, 0.717) is 18.9 Å². The number of hydrogen-bond donors (Lipinski definition) is 1. The minimum absolute atomic E-state index is 0. The Balaban J connectivity index is 0.00000264. The Hall–Kier alpha value is -1.10. The van der Waals surface area contributed by atoms with Crippen molar-refractivity contribution in [3.63, 3.8) is 0 Å². The molecule has 0 heterocycles. The van der Waals surface area contributed by atoms with Crippen LogP contribution in [0, 0.1) is 5.92 Å². The number of hydrogen-bond acceptors (Lipinski definition) is 3. The van der Waals surface area contributed by atoms with Gasteiger partial charge in [0.2, 0.25) is 5.91 Å². The van der Waals surface area contributed by atoms with Crippen molar-refractivity contribution in [1.82, 2.24) is 4.90 Å². The number of amides is 1. The molecular weight excluding hydrogens is 312 g/mol. The molecular formula is C18H29ClN2O2. The molecule has 0 radical (unpaired) electrons. The van der Waals surface area contributed by atoms with Crippen LogP contribution in [-0.4, -0.2) is 37.1 Å². The van der Waals surface area contributed by atoms with Crippen molar-refractivity contribution in [1.29, 1.82) is 0 Å². The predicted molar refractivity (Wildman–Crippen MR) is 95.6 cm³/mol. The van der Waals surface area contributed by atoms with E-state index in [0.717, 1.165) is 6.54 Å². The largest absolute Gasteiger partial charge is 0.380 e. The third kappa shape index (κ3) is 5.48. The highest BCUT2D eigenvalue weighted by Crippen LogP contribution is 2.31. The number of benzene rings is 1. The Labute approximate surface area is 145 Å². The SMILES string of the molecule is COC(CN)CC(=O)N(CC1CCC1)C(C)c1ccccc1.Cl. The van der Waals surface area contributed by atoms with Crippen molar-refractivity contribution >= 4 is 18.3 Å². The summed E-state index contributed by atoms with van der Waals surface area (Å²) in [6, 6.07) is 10.3. The fourth-order valence-electron chi connectivity index (χ4n) is 2.92. The Morgan fingerprint density at radius 3 is 2.48 bits per heavy atom. The van der Waals surface area contributed by atoms with Crippen LogP contribution in [0.1, 0.15) is 44.2 Å². The first-order valence-electron chi connectivity index (χ1n) is 8.23. The maximum Gasteiger partial charge on any atom is 0.225 e. The highest BCUT2D eigenvalue weighted by molar-refractivity contribution is 5.85.